The Morgan fingerprint density at radius 2 is 1.65 bits per heavy atom. The van der Waals surface area contributed by atoms with Gasteiger partial charge in [0.15, 0.2) is 5.78 Å². The van der Waals surface area contributed by atoms with E-state index in [9.17, 15) is 26.4 Å². The van der Waals surface area contributed by atoms with Crippen LogP contribution < -0.4 is 0 Å². The van der Waals surface area contributed by atoms with E-state index in [1.165, 1.54) is 30.3 Å². The maximum atomic E-state index is 13.2. The van der Waals surface area contributed by atoms with Crippen LogP contribution in [0.4, 0.5) is 13.2 Å². The number of rotatable bonds is 7. The monoisotopic (exact) mass is 384 g/mol. The highest BCUT2D eigenvalue weighted by atomic mass is 32.2. The average Bonchev–Trinajstić information content (AvgIpc) is 2.59. The van der Waals surface area contributed by atoms with Crippen molar-refractivity contribution < 1.29 is 30.6 Å². The molecular formula is C18H15F3O4S. The lowest BCUT2D eigenvalue weighted by Crippen LogP contribution is -2.41. The summed E-state index contributed by atoms with van der Waals surface area (Å²) in [6.45, 7) is 3.49. The predicted octanol–water partition coefficient (Wildman–Crippen LogP) is 3.78. The summed E-state index contributed by atoms with van der Waals surface area (Å²) in [4.78, 5) is 11.6. The first-order valence-electron chi connectivity index (χ1n) is 7.42. The summed E-state index contributed by atoms with van der Waals surface area (Å²) in [5.74, 6) is -1.39. The number of hydrogen-bond donors (Lipinski definition) is 0. The molecule has 0 aliphatic rings. The molecule has 1 unspecified atom stereocenters. The number of halogens is 3. The van der Waals surface area contributed by atoms with Crippen LogP contribution in [0.5, 0.6) is 0 Å². The van der Waals surface area contributed by atoms with Crippen molar-refractivity contribution in [2.75, 3.05) is 0 Å². The largest absolute Gasteiger partial charge is 0.423 e. The zero-order valence-corrected chi connectivity index (χ0v) is 14.3. The normalized spacial score (nSPS) is 13.2. The van der Waals surface area contributed by atoms with E-state index in [2.05, 4.69) is 10.8 Å². The summed E-state index contributed by atoms with van der Waals surface area (Å²) in [6.07, 6.45) is -7.40. The average molecular weight is 384 g/mol. The van der Waals surface area contributed by atoms with Gasteiger partial charge in [-0.1, -0.05) is 55.1 Å². The minimum absolute atomic E-state index is 0.322. The molecule has 8 heteroatoms. The minimum Gasteiger partial charge on any atom is -0.296 e. The molecule has 0 amide bonds. The fraction of sp³-hybridized carbons (Fsp3) is 0.167. The molecule has 2 aromatic rings. The molecule has 2 aromatic carbocycles. The molecule has 0 saturated carbocycles. The standard InChI is InChI=1S/C18H15F3O4S/c1-2-13-8-10-15(11-9-13)26(23,24)25-17(18(19,20)21)16(22)12-14-6-4-3-5-7-14/h2-11,17H,1,12H2. The lowest BCUT2D eigenvalue weighted by molar-refractivity contribution is -0.195. The zero-order valence-electron chi connectivity index (χ0n) is 13.4. The van der Waals surface area contributed by atoms with Crippen LogP contribution >= 0.6 is 0 Å². The molecule has 0 heterocycles. The molecule has 0 N–H and O–H groups in total. The van der Waals surface area contributed by atoms with E-state index >= 15 is 0 Å². The molecule has 138 valence electrons. The molecule has 4 nitrogen and oxygen atoms in total. The van der Waals surface area contributed by atoms with Crippen LogP contribution in [-0.4, -0.2) is 26.5 Å². The minimum atomic E-state index is -5.17. The van der Waals surface area contributed by atoms with Gasteiger partial charge in [-0.2, -0.15) is 21.6 Å². The summed E-state index contributed by atoms with van der Waals surface area (Å²) in [7, 11) is -4.78. The van der Waals surface area contributed by atoms with E-state index in [1.807, 2.05) is 0 Å². The van der Waals surface area contributed by atoms with Crippen molar-refractivity contribution in [3.63, 3.8) is 0 Å². The summed E-state index contributed by atoms with van der Waals surface area (Å²) in [6, 6.07) is 12.6. The molecule has 0 fully saturated rings. The number of ketones is 1. The third-order valence-electron chi connectivity index (χ3n) is 3.44. The van der Waals surface area contributed by atoms with E-state index in [4.69, 9.17) is 0 Å². The molecule has 2 rings (SSSR count). The Balaban J connectivity index is 2.26. The Hall–Kier alpha value is -2.45. The van der Waals surface area contributed by atoms with Gasteiger partial charge in [0.25, 0.3) is 10.1 Å². The Bertz CT molecular complexity index is 873. The molecule has 0 aliphatic carbocycles. The van der Waals surface area contributed by atoms with Gasteiger partial charge in [-0.05, 0) is 23.3 Å². The number of hydrogen-bond acceptors (Lipinski definition) is 4. The second kappa shape index (κ2) is 7.84. The quantitative estimate of drug-likeness (QED) is 0.682. The zero-order chi connectivity index (χ0) is 19.4. The molecule has 0 bridgehead atoms. The van der Waals surface area contributed by atoms with Gasteiger partial charge in [0.1, 0.15) is 0 Å². The Kier molecular flexibility index (Phi) is 5.99. The van der Waals surface area contributed by atoms with E-state index in [0.717, 1.165) is 12.1 Å². The van der Waals surface area contributed by atoms with Crippen molar-refractivity contribution in [3.8, 4) is 0 Å². The van der Waals surface area contributed by atoms with Crippen molar-refractivity contribution in [2.24, 2.45) is 0 Å². The molecule has 0 aromatic heterocycles. The fourth-order valence-corrected chi connectivity index (χ4v) is 3.18. The fourth-order valence-electron chi connectivity index (χ4n) is 2.13. The SMILES string of the molecule is C=Cc1ccc(S(=O)(=O)OC(C(=O)Cc2ccccc2)C(F)(F)F)cc1. The van der Waals surface area contributed by atoms with Crippen LogP contribution in [0.25, 0.3) is 6.08 Å². The van der Waals surface area contributed by atoms with Crippen molar-refractivity contribution in [3.05, 3.63) is 72.3 Å². The first-order valence-corrected chi connectivity index (χ1v) is 8.83. The third-order valence-corrected chi connectivity index (χ3v) is 4.73. The van der Waals surface area contributed by atoms with Gasteiger partial charge in [-0.3, -0.25) is 4.79 Å². The van der Waals surface area contributed by atoms with E-state index in [0.29, 0.717) is 11.1 Å². The summed E-state index contributed by atoms with van der Waals surface area (Å²) < 4.78 is 68.2. The Morgan fingerprint density at radius 1 is 1.08 bits per heavy atom. The highest BCUT2D eigenvalue weighted by Gasteiger charge is 2.48. The van der Waals surface area contributed by atoms with Gasteiger partial charge in [0, 0.05) is 6.42 Å². The third kappa shape index (κ3) is 5.03. The first-order chi connectivity index (χ1) is 12.1. The van der Waals surface area contributed by atoms with Gasteiger partial charge in [0.2, 0.25) is 6.10 Å². The van der Waals surface area contributed by atoms with Crippen LogP contribution in [0.1, 0.15) is 11.1 Å². The van der Waals surface area contributed by atoms with Crippen molar-refractivity contribution in [1.29, 1.82) is 0 Å². The Morgan fingerprint density at radius 3 is 2.15 bits per heavy atom. The summed E-state index contributed by atoms with van der Waals surface area (Å²) in [5.41, 5.74) is 0.902. The van der Waals surface area contributed by atoms with Crippen LogP contribution in [0.3, 0.4) is 0 Å². The van der Waals surface area contributed by atoms with Crippen LogP contribution in [-0.2, 0) is 25.5 Å². The van der Waals surface area contributed by atoms with E-state index < -0.39 is 39.5 Å². The number of Topliss-reactive ketones (excluding diaryl/α,β-unsaturated/α-hetero) is 1. The van der Waals surface area contributed by atoms with Crippen molar-refractivity contribution >= 4 is 22.0 Å². The van der Waals surface area contributed by atoms with Gasteiger partial charge in [-0.25, -0.2) is 4.18 Å². The highest BCUT2D eigenvalue weighted by molar-refractivity contribution is 7.86. The lowest BCUT2D eigenvalue weighted by atomic mass is 10.1. The highest BCUT2D eigenvalue weighted by Crippen LogP contribution is 2.28. The summed E-state index contributed by atoms with van der Waals surface area (Å²) >= 11 is 0. The maximum absolute atomic E-state index is 13.2. The van der Waals surface area contributed by atoms with E-state index in [1.54, 1.807) is 18.2 Å². The maximum Gasteiger partial charge on any atom is 0.423 e. The van der Waals surface area contributed by atoms with Gasteiger partial charge >= 0.3 is 6.18 Å². The Labute approximate surface area is 149 Å². The van der Waals surface area contributed by atoms with Crippen LogP contribution in [0.15, 0.2) is 66.1 Å². The number of benzene rings is 2. The molecule has 0 aliphatic heterocycles. The van der Waals surface area contributed by atoms with Crippen LogP contribution in [0.2, 0.25) is 0 Å². The number of alkyl halides is 3. The molecular weight excluding hydrogens is 369 g/mol. The molecule has 26 heavy (non-hydrogen) atoms. The molecule has 0 spiro atoms. The van der Waals surface area contributed by atoms with Crippen molar-refractivity contribution in [2.45, 2.75) is 23.6 Å². The lowest BCUT2D eigenvalue weighted by Gasteiger charge is -2.19. The van der Waals surface area contributed by atoms with Crippen LogP contribution in [0, 0.1) is 0 Å². The second-order valence-electron chi connectivity index (χ2n) is 5.37. The molecule has 0 radical (unpaired) electrons. The number of carbonyl (C=O) groups is 1. The molecule has 1 atom stereocenters. The van der Waals surface area contributed by atoms with Gasteiger partial charge < -0.3 is 0 Å². The van der Waals surface area contributed by atoms with E-state index in [-0.39, 0.29) is 0 Å². The van der Waals surface area contributed by atoms with Gasteiger partial charge in [-0.15, -0.1) is 0 Å². The summed E-state index contributed by atoms with van der Waals surface area (Å²) in [5, 5.41) is 0. The van der Waals surface area contributed by atoms with Crippen molar-refractivity contribution in [1.82, 2.24) is 0 Å². The molecule has 0 saturated heterocycles. The van der Waals surface area contributed by atoms with Gasteiger partial charge in [0.05, 0.1) is 4.90 Å². The smallest absolute Gasteiger partial charge is 0.296 e. The first kappa shape index (κ1) is 19.9. The second-order valence-corrected chi connectivity index (χ2v) is 6.95. The number of carbonyl (C=O) groups excluding carboxylic acids is 1. The topological polar surface area (TPSA) is 60.4 Å². The predicted molar refractivity (Wildman–Crippen MR) is 89.8 cm³/mol.